The second-order valence-corrected chi connectivity index (χ2v) is 22.5. The Kier molecular flexibility index (Phi) is 23.8. The molecule has 414 valence electrons. The van der Waals surface area contributed by atoms with E-state index in [1.54, 1.807) is 25.9 Å². The summed E-state index contributed by atoms with van der Waals surface area (Å²) in [6, 6.07) is 12.4. The number of aliphatic hydroxyl groups is 1. The number of thioether (sulfide) groups is 1. The number of ketones is 1. The number of likely N-dealkylation sites (N-methyl/N-ethyl adjacent to an activating group) is 6. The van der Waals surface area contributed by atoms with Crippen molar-refractivity contribution in [3.05, 3.63) is 71.8 Å². The molecule has 75 heavy (non-hydrogen) atoms. The molecule has 18 nitrogen and oxygen atoms in total. The number of amidine groups is 1. The smallest absolute Gasteiger partial charge is 0.246 e. The number of carbonyl (C=O) groups is 8. The molecule has 3 N–H and O–H groups in total. The van der Waals surface area contributed by atoms with Gasteiger partial charge >= 0.3 is 0 Å². The number of aliphatic hydroxyl groups excluding tert-OH is 1. The van der Waals surface area contributed by atoms with E-state index in [0.29, 0.717) is 13.1 Å². The Morgan fingerprint density at radius 1 is 0.653 bits per heavy atom. The molecule has 0 saturated carbocycles. The topological polar surface area (TPSA) is 215 Å². The Hall–Kier alpha value is -5.82. The average molecular weight is 1060 g/mol. The number of amides is 7. The Labute approximate surface area is 449 Å². The minimum atomic E-state index is -1.34. The number of piperidine rings is 1. The average Bonchev–Trinajstić information content (AvgIpc) is 3.39. The summed E-state index contributed by atoms with van der Waals surface area (Å²) in [6.07, 6.45) is 1.50. The summed E-state index contributed by atoms with van der Waals surface area (Å²) in [4.78, 5) is 126. The van der Waals surface area contributed by atoms with Gasteiger partial charge in [0, 0.05) is 80.4 Å². The molecule has 2 saturated heterocycles. The molecule has 19 heteroatoms. The number of nitrogens with one attached hydrogen (secondary N) is 2. The molecule has 2 aromatic carbocycles. The van der Waals surface area contributed by atoms with E-state index in [9.17, 15) is 44.1 Å². The summed E-state index contributed by atoms with van der Waals surface area (Å²) in [5, 5.41) is 23.7. The third-order valence-corrected chi connectivity index (χ3v) is 15.8. The van der Waals surface area contributed by atoms with Gasteiger partial charge in [0.05, 0.1) is 36.4 Å². The van der Waals surface area contributed by atoms with Crippen molar-refractivity contribution in [2.75, 3.05) is 73.4 Å². The maximum Gasteiger partial charge on any atom is 0.246 e. The molecular formula is C56H85N9O9S. The molecule has 0 aromatic heterocycles. The molecule has 0 spiro atoms. The first-order valence-electron chi connectivity index (χ1n) is 26.4. The van der Waals surface area contributed by atoms with Gasteiger partial charge in [-0.2, -0.15) is 0 Å². The summed E-state index contributed by atoms with van der Waals surface area (Å²) >= 11 is 1.16. The Morgan fingerprint density at radius 2 is 1.16 bits per heavy atom. The van der Waals surface area contributed by atoms with Crippen LogP contribution in [-0.2, 0) is 51.2 Å². The summed E-state index contributed by atoms with van der Waals surface area (Å²) in [5.74, 6) is -5.66. The number of nitrogens with zero attached hydrogens (tertiary/aromatic N) is 7. The standard InChI is InChI=1S/C56H85N9O9S/c1-36(2)28-44-48(67)32-42(39(6)66)54(72)59(7)33-49(68)62(10)46(29-37(3)4)52(70)58-43(55(73)65-26-20-15-21-27-65)34-75-35-50(69)61(9)45(30-40-22-16-13-17-23-40)51(57)60(8)38(5)53(71)64(12)47(56(74)63(44)11)31-41-24-18-14-19-25-41/h13-14,16-19,22-25,36-39,42-47,57,66H,15,20-21,26-35H2,1-12H3,(H,58,70)/t38-,39+,42-,43-,44-,45-,46-,47-/m0/s1. The van der Waals surface area contributed by atoms with Crippen molar-refractivity contribution in [3.8, 4) is 0 Å². The second kappa shape index (κ2) is 28.9. The highest BCUT2D eigenvalue weighted by Gasteiger charge is 2.41. The number of rotatable bonds is 10. The highest BCUT2D eigenvalue weighted by Crippen LogP contribution is 2.24. The molecule has 0 bridgehead atoms. The molecule has 7 amide bonds. The predicted molar refractivity (Wildman–Crippen MR) is 293 cm³/mol. The van der Waals surface area contributed by atoms with Crippen LogP contribution >= 0.6 is 11.8 Å². The zero-order chi connectivity index (χ0) is 55.8. The molecule has 8 atom stereocenters. The summed E-state index contributed by atoms with van der Waals surface area (Å²) < 4.78 is 0. The van der Waals surface area contributed by atoms with E-state index in [1.807, 2.05) is 88.4 Å². The third kappa shape index (κ3) is 17.1. The molecule has 2 aliphatic rings. The van der Waals surface area contributed by atoms with E-state index in [2.05, 4.69) is 5.32 Å². The minimum Gasteiger partial charge on any atom is -0.393 e. The molecule has 0 aliphatic carbocycles. The van der Waals surface area contributed by atoms with Crippen LogP contribution in [-0.4, -0.2) is 208 Å². The van der Waals surface area contributed by atoms with Crippen molar-refractivity contribution < 1.29 is 43.5 Å². The van der Waals surface area contributed by atoms with Gasteiger partial charge in [-0.05, 0) is 68.9 Å². The van der Waals surface area contributed by atoms with Crippen LogP contribution in [0.2, 0.25) is 0 Å². The van der Waals surface area contributed by atoms with Crippen molar-refractivity contribution in [1.29, 1.82) is 5.41 Å². The van der Waals surface area contributed by atoms with E-state index >= 15 is 4.79 Å². The highest BCUT2D eigenvalue weighted by molar-refractivity contribution is 8.00. The van der Waals surface area contributed by atoms with Crippen molar-refractivity contribution in [3.63, 3.8) is 0 Å². The van der Waals surface area contributed by atoms with Crippen LogP contribution in [0, 0.1) is 23.2 Å². The van der Waals surface area contributed by atoms with Gasteiger partial charge < -0.3 is 44.7 Å². The first kappa shape index (κ1) is 61.7. The Bertz CT molecular complexity index is 2280. The maximum atomic E-state index is 15.0. The van der Waals surface area contributed by atoms with Gasteiger partial charge in [0.25, 0.3) is 0 Å². The first-order chi connectivity index (χ1) is 35.3. The van der Waals surface area contributed by atoms with Crippen LogP contribution in [0.1, 0.15) is 91.2 Å². The van der Waals surface area contributed by atoms with Gasteiger partial charge in [0.1, 0.15) is 30.0 Å². The number of carbonyl (C=O) groups excluding carboxylic acids is 8. The van der Waals surface area contributed by atoms with Gasteiger partial charge in [0.2, 0.25) is 41.4 Å². The monoisotopic (exact) mass is 1060 g/mol. The van der Waals surface area contributed by atoms with Crippen LogP contribution in [0.25, 0.3) is 0 Å². The number of hydrogen-bond acceptors (Lipinski definition) is 11. The lowest BCUT2D eigenvalue weighted by molar-refractivity contribution is -0.150. The van der Waals surface area contributed by atoms with Crippen molar-refractivity contribution in [2.45, 2.75) is 135 Å². The van der Waals surface area contributed by atoms with Crippen LogP contribution in [0.5, 0.6) is 0 Å². The van der Waals surface area contributed by atoms with Crippen LogP contribution in [0.15, 0.2) is 60.7 Å². The van der Waals surface area contributed by atoms with E-state index in [4.69, 9.17) is 0 Å². The molecule has 2 fully saturated rings. The SMILES string of the molecule is CC(C)C[C@H]1C(=O)N[C@H](C(=O)N2CCCCC2)CSCC(=O)N(C)[C@@H](Cc2ccccc2)C(=N)N(C)[C@@H](C)C(=O)N(C)[C@@H](Cc2ccccc2)C(=O)N(C)[C@@H](CC(C)C)C(=O)C[C@@H]([C@@H](C)O)C(=O)N(C)CC(=O)N1C. The molecular weight excluding hydrogens is 975 g/mol. The largest absolute Gasteiger partial charge is 0.393 e. The minimum absolute atomic E-state index is 0.0259. The Morgan fingerprint density at radius 3 is 1.69 bits per heavy atom. The lowest BCUT2D eigenvalue weighted by Crippen LogP contribution is -2.58. The summed E-state index contributed by atoms with van der Waals surface area (Å²) in [5.41, 5.74) is 1.59. The fourth-order valence-electron chi connectivity index (χ4n) is 9.75. The van der Waals surface area contributed by atoms with E-state index in [0.717, 1.165) is 47.1 Å². The van der Waals surface area contributed by atoms with Crippen LogP contribution < -0.4 is 5.32 Å². The molecule has 0 unspecified atom stereocenters. The zero-order valence-electron chi connectivity index (χ0n) is 46.5. The normalized spacial score (nSPS) is 25.3. The van der Waals surface area contributed by atoms with Crippen molar-refractivity contribution >= 4 is 64.7 Å². The van der Waals surface area contributed by atoms with E-state index < -0.39 is 96.6 Å². The highest BCUT2D eigenvalue weighted by atomic mass is 32.2. The molecule has 0 radical (unpaired) electrons. The van der Waals surface area contributed by atoms with Crippen molar-refractivity contribution in [1.82, 2.24) is 39.6 Å². The quantitative estimate of drug-likeness (QED) is 0.311. The molecule has 4 rings (SSSR count). The van der Waals surface area contributed by atoms with Gasteiger partial charge in [-0.1, -0.05) is 88.4 Å². The van der Waals surface area contributed by atoms with Gasteiger partial charge in [-0.25, -0.2) is 0 Å². The number of hydrogen-bond donors (Lipinski definition) is 3. The first-order valence-corrected chi connectivity index (χ1v) is 27.6. The lowest BCUT2D eigenvalue weighted by Gasteiger charge is -2.39. The zero-order valence-corrected chi connectivity index (χ0v) is 47.3. The molecule has 2 aliphatic heterocycles. The molecule has 2 aromatic rings. The fraction of sp³-hybridized carbons (Fsp3) is 0.625. The van der Waals surface area contributed by atoms with Gasteiger partial charge in [-0.3, -0.25) is 43.8 Å². The number of Topliss-reactive ketones (excluding diaryl/α,β-unsaturated/α-hetero) is 1. The molecule has 2 heterocycles. The van der Waals surface area contributed by atoms with Crippen molar-refractivity contribution in [2.24, 2.45) is 17.8 Å². The third-order valence-electron chi connectivity index (χ3n) is 14.7. The fourth-order valence-corrected chi connectivity index (χ4v) is 10.7. The summed E-state index contributed by atoms with van der Waals surface area (Å²) in [7, 11) is 9.08. The number of benzene rings is 2. The van der Waals surface area contributed by atoms with Crippen LogP contribution in [0.4, 0.5) is 0 Å². The van der Waals surface area contributed by atoms with E-state index in [1.165, 1.54) is 59.6 Å². The van der Waals surface area contributed by atoms with Gasteiger partial charge in [-0.15, -0.1) is 11.8 Å². The summed E-state index contributed by atoms with van der Waals surface area (Å²) in [6.45, 7) is 11.1. The van der Waals surface area contributed by atoms with Crippen LogP contribution in [0.3, 0.4) is 0 Å². The van der Waals surface area contributed by atoms with E-state index in [-0.39, 0.29) is 66.7 Å². The maximum absolute atomic E-state index is 15.0. The lowest BCUT2D eigenvalue weighted by atomic mass is 9.89. The predicted octanol–water partition coefficient (Wildman–Crippen LogP) is 3.83. The number of likely N-dealkylation sites (tertiary alicyclic amines) is 1. The van der Waals surface area contributed by atoms with Gasteiger partial charge in [0.15, 0.2) is 5.78 Å². The second-order valence-electron chi connectivity index (χ2n) is 21.5. The Balaban J connectivity index is 1.84.